The van der Waals surface area contributed by atoms with Crippen molar-refractivity contribution in [3.63, 3.8) is 0 Å². The summed E-state index contributed by atoms with van der Waals surface area (Å²) >= 11 is 19.9. The lowest BCUT2D eigenvalue weighted by Crippen LogP contribution is -1.91. The van der Waals surface area contributed by atoms with E-state index in [1.54, 1.807) is 6.07 Å². The molecule has 106 valence electrons. The molecule has 3 rings (SSSR count). The van der Waals surface area contributed by atoms with Gasteiger partial charge in [0.05, 0.1) is 0 Å². The highest BCUT2D eigenvalue weighted by molar-refractivity contribution is 7.15. The molecule has 0 aliphatic carbocycles. The van der Waals surface area contributed by atoms with Crippen molar-refractivity contribution in [2.75, 3.05) is 0 Å². The molecule has 1 atom stereocenters. The van der Waals surface area contributed by atoms with Crippen molar-refractivity contribution < 1.29 is 0 Å². The fourth-order valence-electron chi connectivity index (χ4n) is 1.90. The summed E-state index contributed by atoms with van der Waals surface area (Å²) in [5.74, 6) is 0. The van der Waals surface area contributed by atoms with Gasteiger partial charge in [0, 0.05) is 15.6 Å². The number of halogens is 3. The number of aromatic nitrogens is 2. The molecule has 0 saturated carbocycles. The van der Waals surface area contributed by atoms with Gasteiger partial charge >= 0.3 is 0 Å². The molecule has 21 heavy (non-hydrogen) atoms. The Balaban J connectivity index is 1.93. The van der Waals surface area contributed by atoms with Gasteiger partial charge in [-0.05, 0) is 23.8 Å². The van der Waals surface area contributed by atoms with E-state index >= 15 is 0 Å². The second kappa shape index (κ2) is 6.32. The summed E-state index contributed by atoms with van der Waals surface area (Å²) in [4.78, 5) is 0. The van der Waals surface area contributed by atoms with Gasteiger partial charge in [-0.1, -0.05) is 64.9 Å². The van der Waals surface area contributed by atoms with Gasteiger partial charge in [-0.2, -0.15) is 0 Å². The summed E-state index contributed by atoms with van der Waals surface area (Å²) < 4.78 is 0. The molecule has 6 heteroatoms. The molecule has 3 aromatic rings. The summed E-state index contributed by atoms with van der Waals surface area (Å²) in [6.07, 6.45) is 0. The minimum absolute atomic E-state index is 0.313. The average Bonchev–Trinajstić information content (AvgIpc) is 2.96. The average molecular weight is 356 g/mol. The lowest BCUT2D eigenvalue weighted by Gasteiger charge is -2.04. The Labute approximate surface area is 141 Å². The molecule has 2 aromatic carbocycles. The van der Waals surface area contributed by atoms with E-state index in [1.807, 2.05) is 42.5 Å². The maximum atomic E-state index is 6.45. The van der Waals surface area contributed by atoms with Crippen LogP contribution in [0.2, 0.25) is 10.0 Å². The van der Waals surface area contributed by atoms with Crippen molar-refractivity contribution in [2.45, 2.75) is 5.38 Å². The quantitative estimate of drug-likeness (QED) is 0.551. The smallest absolute Gasteiger partial charge is 0.141 e. The monoisotopic (exact) mass is 354 g/mol. The maximum absolute atomic E-state index is 6.45. The Kier molecular flexibility index (Phi) is 4.45. The number of rotatable bonds is 3. The maximum Gasteiger partial charge on any atom is 0.147 e. The zero-order valence-corrected chi connectivity index (χ0v) is 13.7. The second-order valence-corrected chi connectivity index (χ2v) is 6.70. The van der Waals surface area contributed by atoms with Crippen LogP contribution in [-0.2, 0) is 0 Å². The molecular weight excluding hydrogens is 347 g/mol. The zero-order valence-electron chi connectivity index (χ0n) is 10.6. The SMILES string of the molecule is Clc1cc(Cl)cc(-c2nnc(C(Cl)c3ccccc3)s2)c1. The molecule has 0 spiro atoms. The first-order chi connectivity index (χ1) is 10.1. The van der Waals surface area contributed by atoms with Crippen molar-refractivity contribution in [3.05, 3.63) is 69.1 Å². The molecule has 1 unspecified atom stereocenters. The Morgan fingerprint density at radius 1 is 0.905 bits per heavy atom. The second-order valence-electron chi connectivity index (χ2n) is 4.38. The lowest BCUT2D eigenvalue weighted by atomic mass is 10.1. The van der Waals surface area contributed by atoms with Crippen LogP contribution in [0.5, 0.6) is 0 Å². The third-order valence-corrected chi connectivity index (χ3v) is 4.92. The molecule has 0 saturated heterocycles. The topological polar surface area (TPSA) is 25.8 Å². The summed E-state index contributed by atoms with van der Waals surface area (Å²) in [6, 6.07) is 15.1. The predicted octanol–water partition coefficient (Wildman–Crippen LogP) is 5.84. The van der Waals surface area contributed by atoms with Crippen LogP contribution in [0.15, 0.2) is 48.5 Å². The lowest BCUT2D eigenvalue weighted by molar-refractivity contribution is 0.988. The number of hydrogen-bond acceptors (Lipinski definition) is 3. The van der Waals surface area contributed by atoms with Crippen molar-refractivity contribution in [2.24, 2.45) is 0 Å². The highest BCUT2D eigenvalue weighted by Crippen LogP contribution is 2.35. The molecular formula is C15H9Cl3N2S. The molecule has 0 radical (unpaired) electrons. The van der Waals surface area contributed by atoms with Crippen LogP contribution < -0.4 is 0 Å². The minimum atomic E-state index is -0.313. The molecule has 1 aromatic heterocycles. The van der Waals surface area contributed by atoms with E-state index in [4.69, 9.17) is 34.8 Å². The summed E-state index contributed by atoms with van der Waals surface area (Å²) in [6.45, 7) is 0. The summed E-state index contributed by atoms with van der Waals surface area (Å²) in [7, 11) is 0. The summed E-state index contributed by atoms with van der Waals surface area (Å²) in [5.41, 5.74) is 1.83. The van der Waals surface area contributed by atoms with Gasteiger partial charge in [0.15, 0.2) is 0 Å². The first-order valence-electron chi connectivity index (χ1n) is 6.12. The van der Waals surface area contributed by atoms with Crippen molar-refractivity contribution in [1.29, 1.82) is 0 Å². The van der Waals surface area contributed by atoms with Crippen LogP contribution in [0.25, 0.3) is 10.6 Å². The van der Waals surface area contributed by atoms with Gasteiger partial charge in [0.25, 0.3) is 0 Å². The van der Waals surface area contributed by atoms with Crippen LogP contribution in [0.3, 0.4) is 0 Å². The molecule has 0 bridgehead atoms. The van der Waals surface area contributed by atoms with E-state index < -0.39 is 0 Å². The Morgan fingerprint density at radius 3 is 2.24 bits per heavy atom. The summed E-state index contributed by atoms with van der Waals surface area (Å²) in [5, 5.41) is 10.7. The standard InChI is InChI=1S/C15H9Cl3N2S/c16-11-6-10(7-12(17)8-11)14-19-20-15(21-14)13(18)9-4-2-1-3-5-9/h1-8,13H. The molecule has 0 amide bonds. The van der Waals surface area contributed by atoms with E-state index in [9.17, 15) is 0 Å². The van der Waals surface area contributed by atoms with Gasteiger partial charge in [0.1, 0.15) is 15.4 Å². The molecule has 0 aliphatic heterocycles. The first kappa shape index (κ1) is 14.8. The Morgan fingerprint density at radius 2 is 1.57 bits per heavy atom. The Hall–Kier alpha value is -1.13. The van der Waals surface area contributed by atoms with Crippen LogP contribution in [0.1, 0.15) is 15.9 Å². The largest absolute Gasteiger partial charge is 0.147 e. The number of hydrogen-bond donors (Lipinski definition) is 0. The molecule has 2 nitrogen and oxygen atoms in total. The predicted molar refractivity (Wildman–Crippen MR) is 89.5 cm³/mol. The number of nitrogens with zero attached hydrogens (tertiary/aromatic N) is 2. The van der Waals surface area contributed by atoms with Gasteiger partial charge in [0.2, 0.25) is 0 Å². The van der Waals surface area contributed by atoms with Gasteiger partial charge in [-0.3, -0.25) is 0 Å². The van der Waals surface area contributed by atoms with Crippen LogP contribution in [0, 0.1) is 0 Å². The van der Waals surface area contributed by atoms with Crippen molar-refractivity contribution in [3.8, 4) is 10.6 Å². The third-order valence-electron chi connectivity index (χ3n) is 2.86. The molecule has 0 fully saturated rings. The van der Waals surface area contributed by atoms with Gasteiger partial charge in [-0.15, -0.1) is 21.8 Å². The van der Waals surface area contributed by atoms with E-state index in [-0.39, 0.29) is 5.38 Å². The Bertz CT molecular complexity index is 738. The van der Waals surface area contributed by atoms with E-state index in [1.165, 1.54) is 11.3 Å². The molecule has 1 heterocycles. The normalized spacial score (nSPS) is 12.3. The zero-order chi connectivity index (χ0) is 14.8. The third kappa shape index (κ3) is 3.38. The minimum Gasteiger partial charge on any atom is -0.141 e. The van der Waals surface area contributed by atoms with E-state index in [2.05, 4.69) is 10.2 Å². The van der Waals surface area contributed by atoms with E-state index in [0.29, 0.717) is 10.0 Å². The fraction of sp³-hybridized carbons (Fsp3) is 0.0667. The van der Waals surface area contributed by atoms with Crippen molar-refractivity contribution >= 4 is 46.1 Å². The van der Waals surface area contributed by atoms with Gasteiger partial charge < -0.3 is 0 Å². The number of alkyl halides is 1. The first-order valence-corrected chi connectivity index (χ1v) is 8.13. The fourth-order valence-corrected chi connectivity index (χ4v) is 3.58. The number of benzene rings is 2. The van der Waals surface area contributed by atoms with Crippen LogP contribution in [0.4, 0.5) is 0 Å². The highest BCUT2D eigenvalue weighted by Gasteiger charge is 2.17. The van der Waals surface area contributed by atoms with Crippen molar-refractivity contribution in [1.82, 2.24) is 10.2 Å². The molecule has 0 aliphatic rings. The van der Waals surface area contributed by atoms with Gasteiger partial charge in [-0.25, -0.2) is 0 Å². The molecule has 0 N–H and O–H groups in total. The highest BCUT2D eigenvalue weighted by atomic mass is 35.5. The van der Waals surface area contributed by atoms with E-state index in [0.717, 1.165) is 21.1 Å². The van der Waals surface area contributed by atoms with Crippen LogP contribution >= 0.6 is 46.1 Å². The van der Waals surface area contributed by atoms with Crippen LogP contribution in [-0.4, -0.2) is 10.2 Å².